The van der Waals surface area contributed by atoms with Gasteiger partial charge >= 0.3 is 0 Å². The number of hydrogen-bond donors (Lipinski definition) is 3. The average molecular weight is 437 g/mol. The van der Waals surface area contributed by atoms with E-state index in [1.165, 1.54) is 17.6 Å². The summed E-state index contributed by atoms with van der Waals surface area (Å²) in [5.41, 5.74) is 8.69. The minimum Gasteiger partial charge on any atom is -0.486 e. The Morgan fingerprint density at radius 1 is 1.28 bits per heavy atom. The lowest BCUT2D eigenvalue weighted by atomic mass is 9.92. The number of fused-ring (bicyclic) bond motifs is 1. The third-order valence-corrected chi connectivity index (χ3v) is 6.02. The molecule has 0 unspecified atom stereocenters. The molecule has 8 heteroatoms. The molecule has 4 rings (SSSR count). The molecule has 32 heavy (non-hydrogen) atoms. The molecule has 1 saturated carbocycles. The molecule has 1 fully saturated rings. The molecule has 7 nitrogen and oxygen atoms in total. The van der Waals surface area contributed by atoms with E-state index >= 15 is 0 Å². The van der Waals surface area contributed by atoms with Gasteiger partial charge in [-0.25, -0.2) is 9.87 Å². The van der Waals surface area contributed by atoms with Crippen LogP contribution in [0, 0.1) is 11.7 Å². The first-order chi connectivity index (χ1) is 15.4. The summed E-state index contributed by atoms with van der Waals surface area (Å²) in [6.45, 7) is 2.23. The van der Waals surface area contributed by atoms with E-state index in [1.807, 2.05) is 30.3 Å². The Labute approximate surface area is 184 Å². The summed E-state index contributed by atoms with van der Waals surface area (Å²) in [6, 6.07) is 13.8. The third kappa shape index (κ3) is 3.78. The number of hydroxylamine groups is 1. The van der Waals surface area contributed by atoms with Crippen LogP contribution in [0.15, 0.2) is 48.5 Å². The first kappa shape index (κ1) is 21.7. The number of amides is 2. The lowest BCUT2D eigenvalue weighted by molar-refractivity contribution is -0.132. The fraction of sp³-hybridized carbons (Fsp3) is 0.292. The number of aryl methyl sites for hydroxylation is 1. The highest BCUT2D eigenvalue weighted by atomic mass is 19.1. The standard InChI is InChI=1S/C24H24FN3O4/c1-2-5-16-10-14(17-6-3-4-7-20(17)27-16)13-32-21-9-8-15(11-19(21)25)24(23(26)30)12-18(24)22(29)28-31/h3-4,6-11,18,31H,2,5,12-13H2,1H3,(H2,26,30)(H,28,29)/t18-,24-/m1/s1. The van der Waals surface area contributed by atoms with Crippen LogP contribution in [0.2, 0.25) is 0 Å². The van der Waals surface area contributed by atoms with Crippen molar-refractivity contribution in [2.24, 2.45) is 11.7 Å². The van der Waals surface area contributed by atoms with Gasteiger partial charge < -0.3 is 10.5 Å². The molecule has 2 atom stereocenters. The fourth-order valence-corrected chi connectivity index (χ4v) is 4.25. The van der Waals surface area contributed by atoms with Crippen LogP contribution in [0.3, 0.4) is 0 Å². The molecular weight excluding hydrogens is 413 g/mol. The lowest BCUT2D eigenvalue weighted by Crippen LogP contribution is -2.35. The average Bonchev–Trinajstić information content (AvgIpc) is 3.55. The van der Waals surface area contributed by atoms with Crippen molar-refractivity contribution in [2.45, 2.75) is 38.2 Å². The van der Waals surface area contributed by atoms with Gasteiger partial charge in [0.15, 0.2) is 11.6 Å². The number of rotatable bonds is 8. The van der Waals surface area contributed by atoms with Gasteiger partial charge in [0.2, 0.25) is 11.8 Å². The zero-order valence-corrected chi connectivity index (χ0v) is 17.6. The smallest absolute Gasteiger partial charge is 0.247 e. The second-order valence-electron chi connectivity index (χ2n) is 8.04. The molecule has 166 valence electrons. The monoisotopic (exact) mass is 437 g/mol. The Morgan fingerprint density at radius 2 is 2.06 bits per heavy atom. The van der Waals surface area contributed by atoms with Crippen molar-refractivity contribution in [3.63, 3.8) is 0 Å². The number of hydrogen-bond acceptors (Lipinski definition) is 5. The number of nitrogens with one attached hydrogen (secondary N) is 1. The fourth-order valence-electron chi connectivity index (χ4n) is 4.25. The number of aromatic nitrogens is 1. The minimum atomic E-state index is -1.33. The molecule has 0 spiro atoms. The van der Waals surface area contributed by atoms with Crippen LogP contribution in [0.5, 0.6) is 5.75 Å². The Hall–Kier alpha value is -3.52. The predicted octanol–water partition coefficient (Wildman–Crippen LogP) is 3.15. The summed E-state index contributed by atoms with van der Waals surface area (Å²) < 4.78 is 20.6. The van der Waals surface area contributed by atoms with Crippen LogP contribution in [0.25, 0.3) is 10.9 Å². The first-order valence-corrected chi connectivity index (χ1v) is 10.4. The SMILES string of the molecule is CCCc1cc(COc2ccc([C@]3(C(N)=O)C[C@@H]3C(=O)NO)cc2F)c2ccccc2n1. The summed E-state index contributed by atoms with van der Waals surface area (Å²) in [4.78, 5) is 28.5. The van der Waals surface area contributed by atoms with Gasteiger partial charge in [-0.2, -0.15) is 0 Å². The maximum Gasteiger partial charge on any atom is 0.247 e. The highest BCUT2D eigenvalue weighted by molar-refractivity contribution is 5.99. The van der Waals surface area contributed by atoms with Gasteiger partial charge in [-0.05, 0) is 42.7 Å². The number of nitrogens with two attached hydrogens (primary N) is 1. The summed E-state index contributed by atoms with van der Waals surface area (Å²) >= 11 is 0. The molecular formula is C24H24FN3O4. The number of carbonyl (C=O) groups excluding carboxylic acids is 2. The van der Waals surface area contributed by atoms with Crippen molar-refractivity contribution in [1.82, 2.24) is 10.5 Å². The normalized spacial score (nSPS) is 19.5. The number of carbonyl (C=O) groups is 2. The van der Waals surface area contributed by atoms with Gasteiger partial charge in [0.05, 0.1) is 16.8 Å². The topological polar surface area (TPSA) is 115 Å². The molecule has 0 radical (unpaired) electrons. The zero-order valence-electron chi connectivity index (χ0n) is 17.6. The quantitative estimate of drug-likeness (QED) is 0.370. The molecule has 1 aliphatic carbocycles. The van der Waals surface area contributed by atoms with Gasteiger partial charge in [-0.15, -0.1) is 0 Å². The second kappa shape index (κ2) is 8.55. The van der Waals surface area contributed by atoms with Crippen LogP contribution < -0.4 is 16.0 Å². The van der Waals surface area contributed by atoms with E-state index in [-0.39, 0.29) is 24.3 Å². The molecule has 1 heterocycles. The first-order valence-electron chi connectivity index (χ1n) is 10.4. The van der Waals surface area contributed by atoms with Crippen molar-refractivity contribution in [3.8, 4) is 5.75 Å². The van der Waals surface area contributed by atoms with Crippen LogP contribution in [-0.2, 0) is 28.0 Å². The Morgan fingerprint density at radius 3 is 2.75 bits per heavy atom. The maximum absolute atomic E-state index is 14.9. The predicted molar refractivity (Wildman–Crippen MR) is 115 cm³/mol. The molecule has 3 aromatic rings. The van der Waals surface area contributed by atoms with Gasteiger partial charge in [-0.1, -0.05) is 37.6 Å². The molecule has 0 bridgehead atoms. The minimum absolute atomic E-state index is 0.0233. The highest BCUT2D eigenvalue weighted by Crippen LogP contribution is 2.54. The number of nitrogens with zero attached hydrogens (tertiary/aromatic N) is 1. The molecule has 1 aliphatic rings. The number of primary amides is 1. The Kier molecular flexibility index (Phi) is 5.80. The summed E-state index contributed by atoms with van der Waals surface area (Å²) in [5.74, 6) is -2.94. The van der Waals surface area contributed by atoms with Gasteiger partial charge in [0, 0.05) is 16.6 Å². The van der Waals surface area contributed by atoms with E-state index in [4.69, 9.17) is 15.7 Å². The summed E-state index contributed by atoms with van der Waals surface area (Å²) in [7, 11) is 0. The summed E-state index contributed by atoms with van der Waals surface area (Å²) in [6.07, 6.45) is 1.90. The lowest BCUT2D eigenvalue weighted by Gasteiger charge is -2.16. The van der Waals surface area contributed by atoms with E-state index in [0.29, 0.717) is 0 Å². The van der Waals surface area contributed by atoms with E-state index in [2.05, 4.69) is 11.9 Å². The number of halogens is 1. The molecule has 0 saturated heterocycles. The summed E-state index contributed by atoms with van der Waals surface area (Å²) in [5, 5.41) is 9.80. The van der Waals surface area contributed by atoms with Gasteiger partial charge in [-0.3, -0.25) is 19.8 Å². The molecule has 2 amide bonds. The Bertz CT molecular complexity index is 1200. The van der Waals surface area contributed by atoms with Crippen LogP contribution >= 0.6 is 0 Å². The zero-order chi connectivity index (χ0) is 22.9. The largest absolute Gasteiger partial charge is 0.486 e. The van der Waals surface area contributed by atoms with Crippen molar-refractivity contribution < 1.29 is 23.9 Å². The number of ether oxygens (including phenoxy) is 1. The number of benzene rings is 2. The highest BCUT2D eigenvalue weighted by Gasteiger charge is 2.64. The van der Waals surface area contributed by atoms with Crippen molar-refractivity contribution in [2.75, 3.05) is 0 Å². The molecule has 1 aromatic heterocycles. The van der Waals surface area contributed by atoms with Crippen molar-refractivity contribution in [3.05, 3.63) is 71.2 Å². The van der Waals surface area contributed by atoms with Crippen LogP contribution in [0.4, 0.5) is 4.39 Å². The van der Waals surface area contributed by atoms with Gasteiger partial charge in [0.1, 0.15) is 6.61 Å². The van der Waals surface area contributed by atoms with Crippen LogP contribution in [-0.4, -0.2) is 22.0 Å². The maximum atomic E-state index is 14.9. The Balaban J connectivity index is 1.58. The van der Waals surface area contributed by atoms with E-state index in [1.54, 1.807) is 0 Å². The van der Waals surface area contributed by atoms with Crippen molar-refractivity contribution in [1.29, 1.82) is 0 Å². The van der Waals surface area contributed by atoms with E-state index < -0.39 is 29.0 Å². The third-order valence-electron chi connectivity index (χ3n) is 6.02. The second-order valence-corrected chi connectivity index (χ2v) is 8.04. The van der Waals surface area contributed by atoms with Gasteiger partial charge in [0.25, 0.3) is 0 Å². The van der Waals surface area contributed by atoms with E-state index in [9.17, 15) is 14.0 Å². The van der Waals surface area contributed by atoms with Crippen molar-refractivity contribution >= 4 is 22.7 Å². The number of para-hydroxylation sites is 1. The number of pyridine rings is 1. The van der Waals surface area contributed by atoms with Crippen LogP contribution in [0.1, 0.15) is 36.6 Å². The molecule has 0 aliphatic heterocycles. The van der Waals surface area contributed by atoms with E-state index in [0.717, 1.165) is 41.1 Å². The molecule has 4 N–H and O–H groups in total. The molecule has 2 aromatic carbocycles.